The van der Waals surface area contributed by atoms with Crippen LogP contribution < -0.4 is 5.30 Å². The molecule has 0 aliphatic rings. The average molecular weight is 256 g/mol. The number of rotatable bonds is 5. The molecule has 0 atom stereocenters. The maximum atomic E-state index is 12.7. The summed E-state index contributed by atoms with van der Waals surface area (Å²) in [7, 11) is -3.21. The third-order valence-electron chi connectivity index (χ3n) is 2.02. The Hall–Kier alpha value is -0.630. The highest BCUT2D eigenvalue weighted by molar-refractivity contribution is 7.62. The highest BCUT2D eigenvalue weighted by atomic mass is 31.2. The zero-order chi connectivity index (χ0) is 13.1. The van der Waals surface area contributed by atoms with Gasteiger partial charge in [-0.1, -0.05) is 17.7 Å². The van der Waals surface area contributed by atoms with Gasteiger partial charge in [-0.3, -0.25) is 4.57 Å². The Kier molecular flexibility index (Phi) is 4.93. The molecule has 0 bridgehead atoms. The maximum Gasteiger partial charge on any atom is 0.361 e. The van der Waals surface area contributed by atoms with Crippen molar-refractivity contribution < 1.29 is 13.6 Å². The molecule has 0 amide bonds. The Morgan fingerprint density at radius 2 is 1.59 bits per heavy atom. The van der Waals surface area contributed by atoms with Gasteiger partial charge in [0.25, 0.3) is 0 Å². The zero-order valence-corrected chi connectivity index (χ0v) is 12.0. The van der Waals surface area contributed by atoms with Crippen molar-refractivity contribution >= 4 is 12.9 Å². The Balaban J connectivity index is 3.09. The van der Waals surface area contributed by atoms with Crippen LogP contribution in [0, 0.1) is 6.92 Å². The van der Waals surface area contributed by atoms with Crippen LogP contribution in [0.25, 0.3) is 0 Å². The summed E-state index contributed by atoms with van der Waals surface area (Å²) in [6.45, 7) is 9.37. The molecule has 0 saturated heterocycles. The first-order chi connectivity index (χ1) is 7.83. The highest BCUT2D eigenvalue weighted by Crippen LogP contribution is 2.49. The van der Waals surface area contributed by atoms with Crippen LogP contribution in [0.5, 0.6) is 0 Å². The first kappa shape index (κ1) is 14.4. The van der Waals surface area contributed by atoms with E-state index in [4.69, 9.17) is 9.05 Å². The third kappa shape index (κ3) is 4.27. The van der Waals surface area contributed by atoms with E-state index in [9.17, 15) is 4.57 Å². The second kappa shape index (κ2) is 5.81. The Morgan fingerprint density at radius 1 is 1.06 bits per heavy atom. The second-order valence-corrected chi connectivity index (χ2v) is 6.58. The van der Waals surface area contributed by atoms with Crippen molar-refractivity contribution in [1.29, 1.82) is 0 Å². The van der Waals surface area contributed by atoms with Gasteiger partial charge in [0.1, 0.15) is 0 Å². The van der Waals surface area contributed by atoms with Gasteiger partial charge in [0.2, 0.25) is 0 Å². The molecule has 96 valence electrons. The highest BCUT2D eigenvalue weighted by Gasteiger charge is 2.30. The monoisotopic (exact) mass is 256 g/mol. The van der Waals surface area contributed by atoms with Crippen molar-refractivity contribution in [2.75, 3.05) is 0 Å². The van der Waals surface area contributed by atoms with E-state index >= 15 is 0 Å². The van der Waals surface area contributed by atoms with E-state index in [1.54, 1.807) is 6.07 Å². The van der Waals surface area contributed by atoms with Crippen LogP contribution in [0.2, 0.25) is 0 Å². The van der Waals surface area contributed by atoms with Gasteiger partial charge in [-0.15, -0.1) is 0 Å². The molecule has 4 heteroatoms. The number of aryl methyl sites for hydroxylation is 1. The Labute approximate surface area is 104 Å². The zero-order valence-electron chi connectivity index (χ0n) is 11.1. The SMILES string of the molecule is Cc1cccc(P(=O)(OC(C)C)OC(C)C)c1. The van der Waals surface area contributed by atoms with E-state index in [0.29, 0.717) is 5.30 Å². The quantitative estimate of drug-likeness (QED) is 0.754. The van der Waals surface area contributed by atoms with Crippen molar-refractivity contribution in [3.05, 3.63) is 29.8 Å². The van der Waals surface area contributed by atoms with Crippen LogP contribution in [-0.4, -0.2) is 12.2 Å². The van der Waals surface area contributed by atoms with Crippen LogP contribution in [-0.2, 0) is 13.6 Å². The third-order valence-corrected chi connectivity index (χ3v) is 4.33. The molecular formula is C13H21O3P. The minimum atomic E-state index is -3.21. The summed E-state index contributed by atoms with van der Waals surface area (Å²) in [4.78, 5) is 0. The molecule has 0 aliphatic carbocycles. The molecule has 0 heterocycles. The van der Waals surface area contributed by atoms with Gasteiger partial charge in [-0.25, -0.2) is 0 Å². The van der Waals surface area contributed by atoms with Crippen LogP contribution in [0.3, 0.4) is 0 Å². The summed E-state index contributed by atoms with van der Waals surface area (Å²) in [6.07, 6.45) is -0.278. The topological polar surface area (TPSA) is 35.5 Å². The fourth-order valence-electron chi connectivity index (χ4n) is 1.50. The van der Waals surface area contributed by atoms with Crippen LogP contribution >= 0.6 is 7.60 Å². The van der Waals surface area contributed by atoms with Crippen molar-refractivity contribution in [3.63, 3.8) is 0 Å². The van der Waals surface area contributed by atoms with Gasteiger partial charge in [0.15, 0.2) is 0 Å². The lowest BCUT2D eigenvalue weighted by molar-refractivity contribution is 0.150. The standard InChI is InChI=1S/C13H21O3P/c1-10(2)15-17(14,16-11(3)4)13-8-6-7-12(5)9-13/h6-11H,1-5H3. The summed E-state index contributed by atoms with van der Waals surface area (Å²) in [5.41, 5.74) is 1.04. The largest absolute Gasteiger partial charge is 0.361 e. The van der Waals surface area contributed by atoms with E-state index in [1.807, 2.05) is 52.8 Å². The molecular weight excluding hydrogens is 235 g/mol. The number of hydrogen-bond donors (Lipinski definition) is 0. The molecule has 1 aromatic carbocycles. The fraction of sp³-hybridized carbons (Fsp3) is 0.538. The second-order valence-electron chi connectivity index (χ2n) is 4.64. The summed E-state index contributed by atoms with van der Waals surface area (Å²) in [5, 5.41) is 0.625. The smallest absolute Gasteiger partial charge is 0.302 e. The molecule has 0 unspecified atom stereocenters. The molecule has 0 aliphatic heterocycles. The molecule has 17 heavy (non-hydrogen) atoms. The number of benzene rings is 1. The minimum Gasteiger partial charge on any atom is -0.302 e. The molecule has 0 radical (unpaired) electrons. The summed E-state index contributed by atoms with van der Waals surface area (Å²) >= 11 is 0. The Bertz CT molecular complexity index is 399. The molecule has 0 N–H and O–H groups in total. The van der Waals surface area contributed by atoms with Crippen LogP contribution in [0.4, 0.5) is 0 Å². The molecule has 1 aromatic rings. The maximum absolute atomic E-state index is 12.7. The van der Waals surface area contributed by atoms with Crippen molar-refractivity contribution in [1.82, 2.24) is 0 Å². The van der Waals surface area contributed by atoms with Crippen LogP contribution in [0.1, 0.15) is 33.3 Å². The lowest BCUT2D eigenvalue weighted by Gasteiger charge is -2.23. The van der Waals surface area contributed by atoms with E-state index in [1.165, 1.54) is 0 Å². The molecule has 3 nitrogen and oxygen atoms in total. The van der Waals surface area contributed by atoms with Crippen molar-refractivity contribution in [2.45, 2.75) is 46.8 Å². The van der Waals surface area contributed by atoms with Gasteiger partial charge < -0.3 is 9.05 Å². The normalized spacial score (nSPS) is 12.4. The summed E-state index contributed by atoms with van der Waals surface area (Å²) in [6, 6.07) is 7.47. The van der Waals surface area contributed by atoms with Crippen molar-refractivity contribution in [2.24, 2.45) is 0 Å². The minimum absolute atomic E-state index is 0.139. The Morgan fingerprint density at radius 3 is 2.00 bits per heavy atom. The molecule has 0 spiro atoms. The predicted octanol–water partition coefficient (Wildman–Crippen LogP) is 3.66. The molecule has 1 rings (SSSR count). The van der Waals surface area contributed by atoms with Crippen molar-refractivity contribution in [3.8, 4) is 0 Å². The van der Waals surface area contributed by atoms with Crippen LogP contribution in [0.15, 0.2) is 24.3 Å². The molecule has 0 aromatic heterocycles. The molecule has 0 fully saturated rings. The van der Waals surface area contributed by atoms with Gasteiger partial charge >= 0.3 is 7.60 Å². The lowest BCUT2D eigenvalue weighted by atomic mass is 10.2. The molecule has 0 saturated carbocycles. The van der Waals surface area contributed by atoms with E-state index in [-0.39, 0.29) is 12.2 Å². The van der Waals surface area contributed by atoms with Gasteiger partial charge in [0, 0.05) is 0 Å². The first-order valence-electron chi connectivity index (χ1n) is 5.87. The van der Waals surface area contributed by atoms with Gasteiger partial charge in [-0.05, 0) is 46.8 Å². The van der Waals surface area contributed by atoms with Gasteiger partial charge in [0.05, 0.1) is 17.5 Å². The lowest BCUT2D eigenvalue weighted by Crippen LogP contribution is -2.17. The number of hydrogen-bond acceptors (Lipinski definition) is 3. The average Bonchev–Trinajstić information content (AvgIpc) is 2.14. The van der Waals surface area contributed by atoms with E-state index in [2.05, 4.69) is 0 Å². The summed E-state index contributed by atoms with van der Waals surface area (Å²) in [5.74, 6) is 0. The van der Waals surface area contributed by atoms with E-state index in [0.717, 1.165) is 5.56 Å². The van der Waals surface area contributed by atoms with E-state index < -0.39 is 7.60 Å². The van der Waals surface area contributed by atoms with Gasteiger partial charge in [-0.2, -0.15) is 0 Å². The first-order valence-corrected chi connectivity index (χ1v) is 7.42. The predicted molar refractivity (Wildman–Crippen MR) is 70.9 cm³/mol. The summed E-state index contributed by atoms with van der Waals surface area (Å²) < 4.78 is 23.8. The fourth-order valence-corrected chi connectivity index (χ4v) is 3.53.